The maximum Gasteiger partial charge on any atom is 0.340 e. The smallest absolute Gasteiger partial charge is 0.340 e. The molecule has 2 aromatic heterocycles. The normalized spacial score (nSPS) is 10.5. The quantitative estimate of drug-likeness (QED) is 0.520. The molecule has 1 N–H and O–H groups in total. The molecule has 0 aliphatic rings. The van der Waals surface area contributed by atoms with Crippen LogP contribution < -0.4 is 5.32 Å². The van der Waals surface area contributed by atoms with E-state index in [2.05, 4.69) is 10.4 Å². The molecule has 0 aliphatic carbocycles. The first kappa shape index (κ1) is 19.1. The summed E-state index contributed by atoms with van der Waals surface area (Å²) in [6.07, 6.45) is 3.75. The van der Waals surface area contributed by atoms with Crippen molar-refractivity contribution in [2.75, 3.05) is 19.5 Å². The van der Waals surface area contributed by atoms with Gasteiger partial charge in [-0.2, -0.15) is 5.10 Å². The number of hydrogen-bond donors (Lipinski definition) is 1. The van der Waals surface area contributed by atoms with Crippen LogP contribution in [0.15, 0.2) is 48.8 Å². The maximum absolute atomic E-state index is 12.2. The Morgan fingerprint density at radius 3 is 2.74 bits per heavy atom. The Balaban J connectivity index is 1.81. The SMILES string of the molecule is COC(=O)c1cc(-c2ccccc2)sc1NC(=S)N(C)Cc1cnn(C)c1. The largest absolute Gasteiger partial charge is 0.465 e. The maximum atomic E-state index is 12.2. The van der Waals surface area contributed by atoms with Crippen LogP contribution in [0.3, 0.4) is 0 Å². The van der Waals surface area contributed by atoms with Gasteiger partial charge in [0.25, 0.3) is 0 Å². The second-order valence-corrected chi connectivity index (χ2v) is 7.46. The number of thiocarbonyl (C=S) groups is 1. The molecule has 1 aromatic carbocycles. The molecule has 0 spiro atoms. The van der Waals surface area contributed by atoms with Crippen LogP contribution in [0.25, 0.3) is 10.4 Å². The summed E-state index contributed by atoms with van der Waals surface area (Å²) >= 11 is 6.99. The lowest BCUT2D eigenvalue weighted by Gasteiger charge is -2.20. The molecule has 0 atom stereocenters. The summed E-state index contributed by atoms with van der Waals surface area (Å²) in [5.41, 5.74) is 2.56. The third-order valence-electron chi connectivity index (χ3n) is 3.94. The van der Waals surface area contributed by atoms with Crippen LogP contribution in [0.5, 0.6) is 0 Å². The van der Waals surface area contributed by atoms with Gasteiger partial charge in [0.05, 0.1) is 18.9 Å². The molecule has 0 bridgehead atoms. The van der Waals surface area contributed by atoms with Gasteiger partial charge in [0.15, 0.2) is 5.11 Å². The second kappa shape index (κ2) is 8.32. The molecule has 2 heterocycles. The zero-order chi connectivity index (χ0) is 19.4. The van der Waals surface area contributed by atoms with Gasteiger partial charge >= 0.3 is 5.97 Å². The molecule has 27 heavy (non-hydrogen) atoms. The number of rotatable bonds is 5. The number of nitrogens with one attached hydrogen (secondary N) is 1. The van der Waals surface area contributed by atoms with Crippen LogP contribution in [0.2, 0.25) is 0 Å². The van der Waals surface area contributed by atoms with Gasteiger partial charge in [-0.15, -0.1) is 11.3 Å². The van der Waals surface area contributed by atoms with Gasteiger partial charge in [0.1, 0.15) is 5.00 Å². The van der Waals surface area contributed by atoms with Crippen molar-refractivity contribution in [2.24, 2.45) is 7.05 Å². The number of thiophene rings is 1. The number of methoxy groups -OCH3 is 1. The first-order valence-electron chi connectivity index (χ1n) is 8.25. The monoisotopic (exact) mass is 400 g/mol. The fourth-order valence-electron chi connectivity index (χ4n) is 2.58. The average molecular weight is 401 g/mol. The molecule has 3 rings (SSSR count). The van der Waals surface area contributed by atoms with Crippen molar-refractivity contribution in [1.82, 2.24) is 14.7 Å². The van der Waals surface area contributed by atoms with Crippen LogP contribution in [-0.2, 0) is 18.3 Å². The minimum absolute atomic E-state index is 0.395. The Kier molecular flexibility index (Phi) is 5.88. The summed E-state index contributed by atoms with van der Waals surface area (Å²) < 4.78 is 6.68. The minimum Gasteiger partial charge on any atom is -0.465 e. The summed E-state index contributed by atoms with van der Waals surface area (Å²) in [4.78, 5) is 15.1. The molecule has 0 saturated carbocycles. The molecule has 3 aromatic rings. The van der Waals surface area contributed by atoms with E-state index in [9.17, 15) is 4.79 Å². The van der Waals surface area contributed by atoms with Crippen LogP contribution in [0, 0.1) is 0 Å². The number of nitrogens with zero attached hydrogens (tertiary/aromatic N) is 3. The second-order valence-electron chi connectivity index (χ2n) is 6.02. The lowest BCUT2D eigenvalue weighted by Crippen LogP contribution is -2.30. The lowest BCUT2D eigenvalue weighted by molar-refractivity contribution is 0.0602. The molecule has 140 valence electrons. The molecule has 0 amide bonds. The fraction of sp³-hybridized carbons (Fsp3) is 0.211. The molecule has 0 saturated heterocycles. The summed E-state index contributed by atoms with van der Waals surface area (Å²) in [5.74, 6) is -0.395. The van der Waals surface area contributed by atoms with Crippen LogP contribution in [0.4, 0.5) is 5.00 Å². The minimum atomic E-state index is -0.395. The van der Waals surface area contributed by atoms with Gasteiger partial charge in [-0.25, -0.2) is 4.79 Å². The number of carbonyl (C=O) groups excluding carboxylic acids is 1. The number of benzene rings is 1. The average Bonchev–Trinajstić information content (AvgIpc) is 3.28. The Labute approximate surface area is 167 Å². The predicted octanol–water partition coefficient (Wildman–Crippen LogP) is 3.76. The zero-order valence-corrected chi connectivity index (χ0v) is 16.9. The Hall–Kier alpha value is -2.71. The van der Waals surface area contributed by atoms with Gasteiger partial charge < -0.3 is 15.0 Å². The fourth-order valence-corrected chi connectivity index (χ4v) is 3.86. The van der Waals surface area contributed by atoms with Gasteiger partial charge in [-0.3, -0.25) is 4.68 Å². The van der Waals surface area contributed by atoms with Crippen molar-refractivity contribution in [1.29, 1.82) is 0 Å². The number of ether oxygens (including phenoxy) is 1. The van der Waals surface area contributed by atoms with Crippen molar-refractivity contribution >= 4 is 39.6 Å². The van der Waals surface area contributed by atoms with Crippen molar-refractivity contribution in [3.8, 4) is 10.4 Å². The van der Waals surface area contributed by atoms with E-state index in [0.717, 1.165) is 16.0 Å². The van der Waals surface area contributed by atoms with E-state index < -0.39 is 5.97 Å². The van der Waals surface area contributed by atoms with E-state index >= 15 is 0 Å². The molecular formula is C19H20N4O2S2. The highest BCUT2D eigenvalue weighted by atomic mass is 32.1. The van der Waals surface area contributed by atoms with Crippen molar-refractivity contribution in [2.45, 2.75) is 6.54 Å². The van der Waals surface area contributed by atoms with E-state index in [1.54, 1.807) is 10.9 Å². The number of aromatic nitrogens is 2. The Bertz CT molecular complexity index is 950. The topological polar surface area (TPSA) is 59.4 Å². The van der Waals surface area contributed by atoms with E-state index in [1.165, 1.54) is 18.4 Å². The van der Waals surface area contributed by atoms with E-state index in [1.807, 2.05) is 61.6 Å². The van der Waals surface area contributed by atoms with Crippen molar-refractivity contribution < 1.29 is 9.53 Å². The summed E-state index contributed by atoms with van der Waals surface area (Å²) in [7, 11) is 5.14. The van der Waals surface area contributed by atoms with Gasteiger partial charge in [0, 0.05) is 37.3 Å². The van der Waals surface area contributed by atoms with Gasteiger partial charge in [-0.05, 0) is 23.8 Å². The number of anilines is 1. The third-order valence-corrected chi connectivity index (χ3v) is 5.45. The first-order chi connectivity index (χ1) is 13.0. The highest BCUT2D eigenvalue weighted by Crippen LogP contribution is 2.36. The van der Waals surface area contributed by atoms with Crippen LogP contribution in [-0.4, -0.2) is 39.9 Å². The number of aryl methyl sites for hydroxylation is 1. The molecular weight excluding hydrogens is 380 g/mol. The van der Waals surface area contributed by atoms with Crippen LogP contribution in [0.1, 0.15) is 15.9 Å². The lowest BCUT2D eigenvalue weighted by atomic mass is 10.1. The van der Waals surface area contributed by atoms with E-state index in [-0.39, 0.29) is 0 Å². The Morgan fingerprint density at radius 1 is 1.37 bits per heavy atom. The Morgan fingerprint density at radius 2 is 2.11 bits per heavy atom. The number of carbonyl (C=O) groups is 1. The van der Waals surface area contributed by atoms with Crippen LogP contribution >= 0.6 is 23.6 Å². The standard InChI is InChI=1S/C19H20N4O2S2/c1-22(11-13-10-20-23(2)12-13)19(26)21-17-15(18(24)25-3)9-16(27-17)14-7-5-4-6-8-14/h4-10,12H,11H2,1-3H3,(H,21,26). The van der Waals surface area contributed by atoms with Crippen molar-refractivity contribution in [3.05, 3.63) is 59.9 Å². The molecule has 0 radical (unpaired) electrons. The first-order valence-corrected chi connectivity index (χ1v) is 9.47. The highest BCUT2D eigenvalue weighted by molar-refractivity contribution is 7.80. The number of esters is 1. The molecule has 6 nitrogen and oxygen atoms in total. The summed E-state index contributed by atoms with van der Waals surface area (Å²) in [6, 6.07) is 11.7. The van der Waals surface area contributed by atoms with E-state index in [4.69, 9.17) is 17.0 Å². The van der Waals surface area contributed by atoms with Gasteiger partial charge in [0.2, 0.25) is 0 Å². The third kappa shape index (κ3) is 4.53. The number of hydrogen-bond acceptors (Lipinski definition) is 5. The van der Waals surface area contributed by atoms with E-state index in [0.29, 0.717) is 22.2 Å². The molecule has 0 aliphatic heterocycles. The molecule has 0 unspecified atom stereocenters. The summed E-state index contributed by atoms with van der Waals surface area (Å²) in [5, 5.41) is 8.55. The predicted molar refractivity (Wildman–Crippen MR) is 112 cm³/mol. The zero-order valence-electron chi connectivity index (χ0n) is 15.3. The summed E-state index contributed by atoms with van der Waals surface area (Å²) in [6.45, 7) is 0.615. The molecule has 0 fully saturated rings. The van der Waals surface area contributed by atoms with Gasteiger partial charge in [-0.1, -0.05) is 30.3 Å². The molecule has 8 heteroatoms. The van der Waals surface area contributed by atoms with Crippen molar-refractivity contribution in [3.63, 3.8) is 0 Å². The highest BCUT2D eigenvalue weighted by Gasteiger charge is 2.19.